The van der Waals surface area contributed by atoms with Gasteiger partial charge in [-0.25, -0.2) is 0 Å². The maximum atomic E-state index is 6.09. The van der Waals surface area contributed by atoms with Gasteiger partial charge in [-0.1, -0.05) is 47.6 Å². The number of allylic oxidation sites excluding steroid dienone is 1. The summed E-state index contributed by atoms with van der Waals surface area (Å²) in [6, 6.07) is 14.0. The quantitative estimate of drug-likeness (QED) is 0.261. The van der Waals surface area contributed by atoms with E-state index in [2.05, 4.69) is 10.1 Å². The first kappa shape index (κ1) is 21.5. The molecule has 150 valence electrons. The minimum atomic E-state index is 0.441. The number of oxime groups is 1. The van der Waals surface area contributed by atoms with E-state index in [1.54, 1.807) is 7.11 Å². The van der Waals surface area contributed by atoms with Gasteiger partial charge in [0.05, 0.1) is 0 Å². The van der Waals surface area contributed by atoms with Gasteiger partial charge in [-0.05, 0) is 51.1 Å². The topological polar surface area (TPSA) is 43.3 Å². The van der Waals surface area contributed by atoms with E-state index in [1.165, 1.54) is 0 Å². The third-order valence-electron chi connectivity index (χ3n) is 4.17. The van der Waals surface area contributed by atoms with Crippen LogP contribution >= 0.6 is 0 Å². The van der Waals surface area contributed by atoms with Crippen molar-refractivity contribution < 1.29 is 14.3 Å². The molecule has 2 aromatic carbocycles. The molecule has 0 fully saturated rings. The van der Waals surface area contributed by atoms with Crippen LogP contribution in [0, 0.1) is 13.8 Å². The summed E-state index contributed by atoms with van der Waals surface area (Å²) in [7, 11) is 3.55. The fraction of sp³-hybridized carbons (Fsp3) is 0.348. The Kier molecular flexibility index (Phi) is 8.56. The maximum Gasteiger partial charge on any atom is 0.142 e. The Morgan fingerprint density at radius 1 is 1.07 bits per heavy atom. The first-order valence-electron chi connectivity index (χ1n) is 9.37. The number of nitrogens with zero attached hydrogens (tertiary/aromatic N) is 2. The predicted molar refractivity (Wildman–Crippen MR) is 114 cm³/mol. The molecule has 0 aliphatic rings. The Hall–Kier alpha value is -2.79. The number of aryl methyl sites for hydroxylation is 2. The molecule has 0 unspecified atom stereocenters. The molecule has 0 saturated carbocycles. The highest BCUT2D eigenvalue weighted by molar-refractivity contribution is 6.01. The molecular formula is C23H30N2O3. The summed E-state index contributed by atoms with van der Waals surface area (Å²) in [6.45, 7) is 7.67. The van der Waals surface area contributed by atoms with Gasteiger partial charge in [-0.3, -0.25) is 4.90 Å². The highest BCUT2D eigenvalue weighted by atomic mass is 16.6. The average Bonchev–Trinajstić information content (AvgIpc) is 2.68. The van der Waals surface area contributed by atoms with Crippen molar-refractivity contribution >= 4 is 5.71 Å². The van der Waals surface area contributed by atoms with Gasteiger partial charge in [-0.2, -0.15) is 0 Å². The zero-order chi connectivity index (χ0) is 20.4. The van der Waals surface area contributed by atoms with Crippen LogP contribution in [0.1, 0.15) is 23.6 Å². The van der Waals surface area contributed by atoms with Gasteiger partial charge in [0.1, 0.15) is 37.7 Å². The van der Waals surface area contributed by atoms with E-state index in [9.17, 15) is 0 Å². The molecule has 0 radical (unpaired) electrons. The minimum Gasteiger partial charge on any atom is -0.490 e. The molecular weight excluding hydrogens is 352 g/mol. The first-order valence-corrected chi connectivity index (χ1v) is 9.37. The summed E-state index contributed by atoms with van der Waals surface area (Å²) in [5, 5.41) is 4.17. The van der Waals surface area contributed by atoms with Crippen LogP contribution in [-0.2, 0) is 4.84 Å². The minimum absolute atomic E-state index is 0.441. The third-order valence-corrected chi connectivity index (χ3v) is 4.17. The van der Waals surface area contributed by atoms with Gasteiger partial charge in [0.2, 0.25) is 0 Å². The van der Waals surface area contributed by atoms with Crippen LogP contribution in [0.25, 0.3) is 0 Å². The second-order valence-electron chi connectivity index (χ2n) is 6.64. The van der Waals surface area contributed by atoms with Crippen molar-refractivity contribution in [2.45, 2.75) is 20.8 Å². The predicted octanol–water partition coefficient (Wildman–Crippen LogP) is 4.58. The van der Waals surface area contributed by atoms with Gasteiger partial charge >= 0.3 is 0 Å². The Morgan fingerprint density at radius 3 is 2.36 bits per heavy atom. The van der Waals surface area contributed by atoms with E-state index in [1.807, 2.05) is 82.4 Å². The molecule has 2 aromatic rings. The lowest BCUT2D eigenvalue weighted by Gasteiger charge is -2.20. The fourth-order valence-electron chi connectivity index (χ4n) is 2.85. The number of hydrogen-bond donors (Lipinski definition) is 0. The lowest BCUT2D eigenvalue weighted by Crippen LogP contribution is -2.30. The fourth-order valence-corrected chi connectivity index (χ4v) is 2.85. The monoisotopic (exact) mass is 382 g/mol. The SMILES string of the molecule is C/C=C/COc1cc(C)c(OCN(C)CC(=NOC)c2ccccc2)c(C)c1. The Bertz CT molecular complexity index is 778. The average molecular weight is 383 g/mol. The van der Waals surface area contributed by atoms with Gasteiger partial charge in [0.15, 0.2) is 0 Å². The zero-order valence-electron chi connectivity index (χ0n) is 17.4. The van der Waals surface area contributed by atoms with Crippen LogP contribution in [0.2, 0.25) is 0 Å². The van der Waals surface area contributed by atoms with E-state index < -0.39 is 0 Å². The van der Waals surface area contributed by atoms with Crippen molar-refractivity contribution in [3.8, 4) is 11.5 Å². The van der Waals surface area contributed by atoms with Gasteiger partial charge < -0.3 is 14.3 Å². The molecule has 0 aliphatic heterocycles. The first-order chi connectivity index (χ1) is 13.5. The van der Waals surface area contributed by atoms with Crippen molar-refractivity contribution in [1.29, 1.82) is 0 Å². The Balaban J connectivity index is 1.99. The molecule has 5 nitrogen and oxygen atoms in total. The number of benzene rings is 2. The summed E-state index contributed by atoms with van der Waals surface area (Å²) in [6.07, 6.45) is 3.96. The van der Waals surface area contributed by atoms with Crippen LogP contribution in [0.15, 0.2) is 59.8 Å². The van der Waals surface area contributed by atoms with Crippen molar-refractivity contribution in [3.63, 3.8) is 0 Å². The molecule has 0 bridgehead atoms. The van der Waals surface area contributed by atoms with E-state index in [-0.39, 0.29) is 0 Å². The van der Waals surface area contributed by atoms with Crippen molar-refractivity contribution in [3.05, 3.63) is 71.3 Å². The van der Waals surface area contributed by atoms with E-state index in [4.69, 9.17) is 14.3 Å². The van der Waals surface area contributed by atoms with Crippen molar-refractivity contribution in [2.75, 3.05) is 34.0 Å². The molecule has 0 heterocycles. The number of rotatable bonds is 10. The normalized spacial score (nSPS) is 11.9. The van der Waals surface area contributed by atoms with Gasteiger partial charge in [-0.15, -0.1) is 0 Å². The second kappa shape index (κ2) is 11.1. The van der Waals surface area contributed by atoms with Crippen LogP contribution in [0.4, 0.5) is 0 Å². The maximum absolute atomic E-state index is 6.09. The lowest BCUT2D eigenvalue weighted by atomic mass is 10.1. The van der Waals surface area contributed by atoms with Crippen molar-refractivity contribution in [1.82, 2.24) is 4.90 Å². The number of hydrogen-bond acceptors (Lipinski definition) is 5. The largest absolute Gasteiger partial charge is 0.490 e. The smallest absolute Gasteiger partial charge is 0.142 e. The molecule has 5 heteroatoms. The zero-order valence-corrected chi connectivity index (χ0v) is 17.4. The lowest BCUT2D eigenvalue weighted by molar-refractivity contribution is 0.163. The van der Waals surface area contributed by atoms with Crippen LogP contribution in [-0.4, -0.2) is 44.7 Å². The molecule has 0 amide bonds. The molecule has 0 aromatic heterocycles. The standard InChI is InChI=1S/C23H30N2O3/c1-6-7-13-27-21-14-18(2)23(19(3)15-21)28-17-25(4)16-22(24-26-5)20-11-9-8-10-12-20/h6-12,14-15H,13,16-17H2,1-5H3/b7-6+,24-22?. The van der Waals surface area contributed by atoms with Crippen molar-refractivity contribution in [2.24, 2.45) is 5.16 Å². The molecule has 0 saturated heterocycles. The molecule has 0 atom stereocenters. The Labute approximate surface area is 168 Å². The second-order valence-corrected chi connectivity index (χ2v) is 6.64. The molecule has 2 rings (SSSR count). The highest BCUT2D eigenvalue weighted by Crippen LogP contribution is 2.28. The highest BCUT2D eigenvalue weighted by Gasteiger charge is 2.11. The van der Waals surface area contributed by atoms with Crippen LogP contribution in [0.5, 0.6) is 11.5 Å². The molecule has 0 spiro atoms. The summed E-state index contributed by atoms with van der Waals surface area (Å²) < 4.78 is 11.8. The van der Waals surface area contributed by atoms with E-state index in [0.29, 0.717) is 19.9 Å². The van der Waals surface area contributed by atoms with Gasteiger partial charge in [0.25, 0.3) is 0 Å². The van der Waals surface area contributed by atoms with Gasteiger partial charge in [0, 0.05) is 12.1 Å². The molecule has 0 N–H and O–H groups in total. The summed E-state index contributed by atoms with van der Waals surface area (Å²) in [4.78, 5) is 7.07. The summed E-state index contributed by atoms with van der Waals surface area (Å²) >= 11 is 0. The van der Waals surface area contributed by atoms with E-state index >= 15 is 0 Å². The van der Waals surface area contributed by atoms with Crippen LogP contribution in [0.3, 0.4) is 0 Å². The molecule has 0 aliphatic carbocycles. The van der Waals surface area contributed by atoms with Crippen LogP contribution < -0.4 is 9.47 Å². The Morgan fingerprint density at radius 2 is 1.75 bits per heavy atom. The summed E-state index contributed by atoms with van der Waals surface area (Å²) in [5.74, 6) is 1.74. The summed E-state index contributed by atoms with van der Waals surface area (Å²) in [5.41, 5.74) is 4.00. The molecule has 28 heavy (non-hydrogen) atoms. The number of likely N-dealkylation sites (N-methyl/N-ethyl adjacent to an activating group) is 1. The number of ether oxygens (including phenoxy) is 2. The third kappa shape index (κ3) is 6.43. The van der Waals surface area contributed by atoms with E-state index in [0.717, 1.165) is 33.9 Å².